The van der Waals surface area contributed by atoms with Gasteiger partial charge in [-0.05, 0) is 25.7 Å². The lowest BCUT2D eigenvalue weighted by molar-refractivity contribution is -0.122. The minimum atomic E-state index is -0.130. The van der Waals surface area contributed by atoms with E-state index in [0.29, 0.717) is 0 Å². The number of aromatic nitrogens is 3. The van der Waals surface area contributed by atoms with E-state index < -0.39 is 0 Å². The second-order valence-electron chi connectivity index (χ2n) is 6.93. The summed E-state index contributed by atoms with van der Waals surface area (Å²) in [5, 5.41) is 7.49. The van der Waals surface area contributed by atoms with E-state index in [1.54, 1.807) is 4.57 Å². The van der Waals surface area contributed by atoms with Gasteiger partial charge in [0.15, 0.2) is 0 Å². The fourth-order valence-corrected chi connectivity index (χ4v) is 3.74. The monoisotopic (exact) mass is 320 g/mol. The van der Waals surface area contributed by atoms with Crippen molar-refractivity contribution in [1.82, 2.24) is 19.7 Å². The largest absolute Gasteiger partial charge is 0.352 e. The molecule has 0 atom stereocenters. The van der Waals surface area contributed by atoms with Crippen LogP contribution < -0.4 is 11.0 Å². The first-order valence-corrected chi connectivity index (χ1v) is 9.20. The van der Waals surface area contributed by atoms with Gasteiger partial charge in [0.1, 0.15) is 12.4 Å². The van der Waals surface area contributed by atoms with E-state index in [1.807, 2.05) is 0 Å². The zero-order valence-electron chi connectivity index (χ0n) is 13.9. The molecule has 3 rings (SSSR count). The molecule has 23 heavy (non-hydrogen) atoms. The van der Waals surface area contributed by atoms with Crippen LogP contribution in [-0.4, -0.2) is 26.3 Å². The second-order valence-corrected chi connectivity index (χ2v) is 6.93. The Labute approximate surface area is 137 Å². The van der Waals surface area contributed by atoms with Gasteiger partial charge in [0.25, 0.3) is 0 Å². The molecule has 0 radical (unpaired) electrons. The zero-order valence-corrected chi connectivity index (χ0v) is 13.9. The molecule has 2 aliphatic rings. The van der Waals surface area contributed by atoms with E-state index in [9.17, 15) is 9.59 Å². The number of carbonyl (C=O) groups excluding carboxylic acids is 1. The van der Waals surface area contributed by atoms with Crippen LogP contribution >= 0.6 is 0 Å². The lowest BCUT2D eigenvalue weighted by Gasteiger charge is -2.20. The summed E-state index contributed by atoms with van der Waals surface area (Å²) < 4.78 is 3.09. The van der Waals surface area contributed by atoms with Crippen molar-refractivity contribution in [3.05, 3.63) is 16.3 Å². The topological polar surface area (TPSA) is 68.9 Å². The predicted octanol–water partition coefficient (Wildman–Crippen LogP) is 2.00. The smallest absolute Gasteiger partial charge is 0.346 e. The number of hydrogen-bond acceptors (Lipinski definition) is 3. The van der Waals surface area contributed by atoms with Crippen molar-refractivity contribution in [2.24, 2.45) is 0 Å². The van der Waals surface area contributed by atoms with Crippen LogP contribution in [0.1, 0.15) is 70.0 Å². The number of fused-ring (bicyclic) bond motifs is 1. The lowest BCUT2D eigenvalue weighted by atomic mass is 9.97. The van der Waals surface area contributed by atoms with Gasteiger partial charge in [-0.3, -0.25) is 9.36 Å². The third kappa shape index (κ3) is 4.24. The van der Waals surface area contributed by atoms with Crippen LogP contribution in [0, 0.1) is 0 Å². The molecule has 1 N–H and O–H groups in total. The summed E-state index contributed by atoms with van der Waals surface area (Å²) in [7, 11) is 0. The molecule has 6 nitrogen and oxygen atoms in total. The van der Waals surface area contributed by atoms with Crippen LogP contribution in [0.2, 0.25) is 0 Å². The van der Waals surface area contributed by atoms with Crippen molar-refractivity contribution in [2.45, 2.75) is 89.8 Å². The molecule has 0 aromatic carbocycles. The molecule has 1 fully saturated rings. The van der Waals surface area contributed by atoms with Gasteiger partial charge in [0, 0.05) is 19.0 Å². The lowest BCUT2D eigenvalue weighted by Crippen LogP contribution is -2.39. The highest BCUT2D eigenvalue weighted by Crippen LogP contribution is 2.17. The summed E-state index contributed by atoms with van der Waals surface area (Å²) >= 11 is 0. The average Bonchev–Trinajstić information content (AvgIpc) is 2.68. The van der Waals surface area contributed by atoms with Crippen LogP contribution in [-0.2, 0) is 24.3 Å². The highest BCUT2D eigenvalue weighted by Gasteiger charge is 2.19. The Morgan fingerprint density at radius 1 is 1.04 bits per heavy atom. The molecule has 1 saturated carbocycles. The Hall–Kier alpha value is -1.59. The van der Waals surface area contributed by atoms with E-state index >= 15 is 0 Å². The minimum absolute atomic E-state index is 0.0509. The van der Waals surface area contributed by atoms with Gasteiger partial charge < -0.3 is 5.32 Å². The van der Waals surface area contributed by atoms with Crippen molar-refractivity contribution < 1.29 is 4.79 Å². The first-order chi connectivity index (χ1) is 11.2. The van der Waals surface area contributed by atoms with Crippen LogP contribution in [0.4, 0.5) is 0 Å². The SMILES string of the molecule is O=C(Cn1nc2n(c1=O)CCCCC2)NC1CCCCCCC1. The zero-order chi connectivity index (χ0) is 16.1. The highest BCUT2D eigenvalue weighted by molar-refractivity contribution is 5.75. The fourth-order valence-electron chi connectivity index (χ4n) is 3.74. The summed E-state index contributed by atoms with van der Waals surface area (Å²) in [6, 6.07) is 0.263. The summed E-state index contributed by atoms with van der Waals surface area (Å²) in [5.74, 6) is 0.761. The maximum absolute atomic E-state index is 12.4. The third-order valence-electron chi connectivity index (χ3n) is 5.05. The third-order valence-corrected chi connectivity index (χ3v) is 5.05. The van der Waals surface area contributed by atoms with Crippen LogP contribution in [0.15, 0.2) is 4.79 Å². The molecule has 1 aromatic heterocycles. The number of carbonyl (C=O) groups is 1. The second kappa shape index (κ2) is 7.79. The number of nitrogens with zero attached hydrogens (tertiary/aromatic N) is 3. The molecular formula is C17H28N4O2. The minimum Gasteiger partial charge on any atom is -0.352 e. The summed E-state index contributed by atoms with van der Waals surface area (Å²) in [4.78, 5) is 24.7. The van der Waals surface area contributed by atoms with Crippen molar-refractivity contribution in [3.8, 4) is 0 Å². The van der Waals surface area contributed by atoms with Gasteiger partial charge >= 0.3 is 5.69 Å². The van der Waals surface area contributed by atoms with Crippen LogP contribution in [0.5, 0.6) is 0 Å². The molecule has 0 spiro atoms. The number of hydrogen-bond donors (Lipinski definition) is 1. The molecule has 0 unspecified atom stereocenters. The summed E-state index contributed by atoms with van der Waals surface area (Å²) in [6.45, 7) is 0.785. The highest BCUT2D eigenvalue weighted by atomic mass is 16.2. The predicted molar refractivity (Wildman–Crippen MR) is 88.3 cm³/mol. The molecule has 1 aliphatic heterocycles. The van der Waals surface area contributed by atoms with Crippen LogP contribution in [0.3, 0.4) is 0 Å². The van der Waals surface area contributed by atoms with Crippen molar-refractivity contribution >= 4 is 5.91 Å². The number of aryl methyl sites for hydroxylation is 1. The maximum Gasteiger partial charge on any atom is 0.346 e. The number of nitrogens with one attached hydrogen (secondary N) is 1. The van der Waals surface area contributed by atoms with E-state index in [-0.39, 0.29) is 24.2 Å². The van der Waals surface area contributed by atoms with Crippen LogP contribution in [0.25, 0.3) is 0 Å². The van der Waals surface area contributed by atoms with E-state index in [4.69, 9.17) is 0 Å². The van der Waals surface area contributed by atoms with E-state index in [0.717, 1.165) is 50.9 Å². The summed E-state index contributed by atoms with van der Waals surface area (Å²) in [5.41, 5.74) is -0.130. The van der Waals surface area contributed by atoms with Gasteiger partial charge in [-0.2, -0.15) is 5.10 Å². The van der Waals surface area contributed by atoms with Gasteiger partial charge in [-0.15, -0.1) is 0 Å². The van der Waals surface area contributed by atoms with Crippen molar-refractivity contribution in [3.63, 3.8) is 0 Å². The Morgan fingerprint density at radius 3 is 2.52 bits per heavy atom. The molecular weight excluding hydrogens is 292 g/mol. The van der Waals surface area contributed by atoms with Gasteiger partial charge in [-0.25, -0.2) is 9.48 Å². The Kier molecular flexibility index (Phi) is 5.51. The maximum atomic E-state index is 12.4. The molecule has 1 aliphatic carbocycles. The molecule has 6 heteroatoms. The normalized spacial score (nSPS) is 20.2. The standard InChI is InChI=1S/C17H28N4O2/c22-16(18-14-9-5-2-1-3-6-10-14)13-21-17(23)20-12-8-4-7-11-15(20)19-21/h14H,1-13H2,(H,18,22). The fraction of sp³-hybridized carbons (Fsp3) is 0.824. The van der Waals surface area contributed by atoms with Gasteiger partial charge in [-0.1, -0.05) is 38.5 Å². The Morgan fingerprint density at radius 2 is 1.74 bits per heavy atom. The van der Waals surface area contributed by atoms with Crippen molar-refractivity contribution in [2.75, 3.05) is 0 Å². The molecule has 0 bridgehead atoms. The number of rotatable bonds is 3. The summed E-state index contributed by atoms with van der Waals surface area (Å²) in [6.07, 6.45) is 12.4. The first kappa shape index (κ1) is 16.3. The quantitative estimate of drug-likeness (QED) is 0.926. The van der Waals surface area contributed by atoms with Gasteiger partial charge in [0.2, 0.25) is 5.91 Å². The number of amides is 1. The molecule has 2 heterocycles. The van der Waals surface area contributed by atoms with E-state index in [2.05, 4.69) is 10.4 Å². The average molecular weight is 320 g/mol. The molecule has 1 amide bonds. The van der Waals surface area contributed by atoms with Crippen molar-refractivity contribution in [1.29, 1.82) is 0 Å². The van der Waals surface area contributed by atoms with Gasteiger partial charge in [0.05, 0.1) is 0 Å². The Bertz CT molecular complexity index is 582. The molecule has 1 aromatic rings. The molecule has 128 valence electrons. The first-order valence-electron chi connectivity index (χ1n) is 9.20. The van der Waals surface area contributed by atoms with E-state index in [1.165, 1.54) is 36.8 Å². The molecule has 0 saturated heterocycles. The Balaban J connectivity index is 1.60.